The summed E-state index contributed by atoms with van der Waals surface area (Å²) in [7, 11) is 0. The van der Waals surface area contributed by atoms with Crippen LogP contribution in [0.25, 0.3) is 0 Å². The summed E-state index contributed by atoms with van der Waals surface area (Å²) in [6.07, 6.45) is 1.86. The van der Waals surface area contributed by atoms with Crippen LogP contribution in [-0.4, -0.2) is 21.6 Å². The van der Waals surface area contributed by atoms with Crippen molar-refractivity contribution in [3.63, 3.8) is 0 Å². The lowest BCUT2D eigenvalue weighted by atomic mass is 10.1. The summed E-state index contributed by atoms with van der Waals surface area (Å²) in [5.41, 5.74) is 1.49. The minimum absolute atomic E-state index is 0.0781. The monoisotopic (exact) mass is 306 g/mol. The normalized spacial score (nSPS) is 10.6. The number of carbonyl (C=O) groups is 2. The molecule has 2 aromatic heterocycles. The van der Waals surface area contributed by atoms with Gasteiger partial charge in [0.15, 0.2) is 0 Å². The van der Waals surface area contributed by atoms with Gasteiger partial charge in [0.1, 0.15) is 0 Å². The molecule has 0 atom stereocenters. The summed E-state index contributed by atoms with van der Waals surface area (Å²) in [5.74, 6) is -1.15. The maximum Gasteiger partial charge on any atom is 0.337 e. The summed E-state index contributed by atoms with van der Waals surface area (Å²) < 4.78 is 1.82. The minimum Gasteiger partial charge on any atom is -0.478 e. The molecule has 2 rings (SSSR count). The Kier molecular flexibility index (Phi) is 4.80. The molecule has 0 aromatic carbocycles. The summed E-state index contributed by atoms with van der Waals surface area (Å²) in [4.78, 5) is 24.5. The van der Waals surface area contributed by atoms with E-state index in [2.05, 4.69) is 5.32 Å². The molecule has 6 heteroatoms. The van der Waals surface area contributed by atoms with Crippen LogP contribution in [0.1, 0.15) is 33.4 Å². The van der Waals surface area contributed by atoms with E-state index < -0.39 is 5.97 Å². The topological polar surface area (TPSA) is 71.3 Å². The van der Waals surface area contributed by atoms with Gasteiger partial charge in [-0.05, 0) is 30.9 Å². The van der Waals surface area contributed by atoms with Crippen LogP contribution >= 0.6 is 11.3 Å². The number of carboxylic acids is 1. The molecule has 0 fully saturated rings. The second-order valence-electron chi connectivity index (χ2n) is 4.76. The number of rotatable bonds is 6. The lowest BCUT2D eigenvalue weighted by Gasteiger charge is -2.08. The van der Waals surface area contributed by atoms with Crippen molar-refractivity contribution in [2.24, 2.45) is 0 Å². The fourth-order valence-electron chi connectivity index (χ4n) is 2.33. The molecule has 2 N–H and O–H groups in total. The first-order chi connectivity index (χ1) is 10.0. The molecule has 0 unspecified atom stereocenters. The third-order valence-corrected chi connectivity index (χ3v) is 4.18. The fourth-order valence-corrected chi connectivity index (χ4v) is 2.97. The van der Waals surface area contributed by atoms with Gasteiger partial charge in [0, 0.05) is 23.3 Å². The number of nitrogens with zero attached hydrogens (tertiary/aromatic N) is 1. The summed E-state index contributed by atoms with van der Waals surface area (Å²) in [5, 5.41) is 14.1. The van der Waals surface area contributed by atoms with Crippen molar-refractivity contribution in [3.8, 4) is 0 Å². The van der Waals surface area contributed by atoms with Gasteiger partial charge in [-0.1, -0.05) is 6.07 Å². The molecule has 0 aliphatic rings. The fraction of sp³-hybridized carbons (Fsp3) is 0.333. The molecule has 0 aliphatic carbocycles. The van der Waals surface area contributed by atoms with E-state index in [0.29, 0.717) is 24.3 Å². The van der Waals surface area contributed by atoms with Crippen molar-refractivity contribution in [2.75, 3.05) is 0 Å². The van der Waals surface area contributed by atoms with E-state index in [1.807, 2.05) is 29.0 Å². The van der Waals surface area contributed by atoms with Crippen molar-refractivity contribution in [1.82, 2.24) is 9.88 Å². The molecule has 0 bridgehead atoms. The highest BCUT2D eigenvalue weighted by atomic mass is 32.1. The van der Waals surface area contributed by atoms with E-state index in [4.69, 9.17) is 0 Å². The number of amides is 1. The van der Waals surface area contributed by atoms with Crippen molar-refractivity contribution in [1.29, 1.82) is 0 Å². The number of aryl methyl sites for hydroxylation is 2. The summed E-state index contributed by atoms with van der Waals surface area (Å²) in [6.45, 7) is 4.80. The number of carboxylic acid groups (broad SMARTS) is 1. The average Bonchev–Trinajstić information content (AvgIpc) is 3.04. The number of nitrogens with one attached hydrogen (secondary N) is 1. The quantitative estimate of drug-likeness (QED) is 0.861. The van der Waals surface area contributed by atoms with E-state index in [1.165, 1.54) is 0 Å². The Bertz CT molecular complexity index is 644. The zero-order valence-electron chi connectivity index (χ0n) is 12.0. The maximum atomic E-state index is 12.0. The van der Waals surface area contributed by atoms with E-state index in [0.717, 1.165) is 4.88 Å². The van der Waals surface area contributed by atoms with Crippen molar-refractivity contribution in [3.05, 3.63) is 45.4 Å². The standard InChI is InChI=1S/C15H18N2O3S/c1-3-17-9-10(2)14(15(19)20)12(17)7-13(18)16-8-11-5-4-6-21-11/h4-6,9H,3,7-8H2,1-2H3,(H,16,18)(H,19,20). The number of aromatic carboxylic acids is 1. The Morgan fingerprint density at radius 1 is 1.43 bits per heavy atom. The molecule has 1 amide bonds. The molecular formula is C15H18N2O3S. The highest BCUT2D eigenvalue weighted by molar-refractivity contribution is 7.09. The molecule has 0 radical (unpaired) electrons. The molecule has 0 spiro atoms. The molecule has 0 saturated heterocycles. The van der Waals surface area contributed by atoms with Crippen molar-refractivity contribution >= 4 is 23.2 Å². The zero-order valence-corrected chi connectivity index (χ0v) is 12.9. The second-order valence-corrected chi connectivity index (χ2v) is 5.79. The Morgan fingerprint density at radius 3 is 2.76 bits per heavy atom. The zero-order chi connectivity index (χ0) is 15.4. The van der Waals surface area contributed by atoms with Crippen LogP contribution in [0.4, 0.5) is 0 Å². The SMILES string of the molecule is CCn1cc(C)c(C(=O)O)c1CC(=O)NCc1cccs1. The van der Waals surface area contributed by atoms with Gasteiger partial charge < -0.3 is 15.0 Å². The van der Waals surface area contributed by atoms with Crippen molar-refractivity contribution < 1.29 is 14.7 Å². The first kappa shape index (κ1) is 15.3. The Morgan fingerprint density at radius 2 is 2.19 bits per heavy atom. The van der Waals surface area contributed by atoms with Crippen LogP contribution in [0.3, 0.4) is 0 Å². The lowest BCUT2D eigenvalue weighted by molar-refractivity contribution is -0.120. The van der Waals surface area contributed by atoms with Crippen LogP contribution in [0, 0.1) is 6.92 Å². The molecule has 21 heavy (non-hydrogen) atoms. The molecule has 5 nitrogen and oxygen atoms in total. The first-order valence-electron chi connectivity index (χ1n) is 6.74. The molecule has 0 aliphatic heterocycles. The van der Waals surface area contributed by atoms with Gasteiger partial charge in [0.2, 0.25) is 5.91 Å². The Labute approximate surface area is 127 Å². The molecule has 112 valence electrons. The Hall–Kier alpha value is -2.08. The molecule has 2 aromatic rings. The largest absolute Gasteiger partial charge is 0.478 e. The highest BCUT2D eigenvalue weighted by Gasteiger charge is 2.20. The minimum atomic E-state index is -0.985. The summed E-state index contributed by atoms with van der Waals surface area (Å²) >= 11 is 1.58. The van der Waals surface area contributed by atoms with Crippen LogP contribution < -0.4 is 5.32 Å². The number of thiophene rings is 1. The van der Waals surface area contributed by atoms with Crippen LogP contribution in [0.2, 0.25) is 0 Å². The lowest BCUT2D eigenvalue weighted by Crippen LogP contribution is -2.26. The number of carbonyl (C=O) groups excluding carboxylic acids is 1. The van der Waals surface area contributed by atoms with Gasteiger partial charge in [-0.15, -0.1) is 11.3 Å². The third-order valence-electron chi connectivity index (χ3n) is 3.30. The molecule has 2 heterocycles. The first-order valence-corrected chi connectivity index (χ1v) is 7.61. The molecular weight excluding hydrogens is 288 g/mol. The Balaban J connectivity index is 2.11. The van der Waals surface area contributed by atoms with Crippen LogP contribution in [0.15, 0.2) is 23.7 Å². The van der Waals surface area contributed by atoms with Gasteiger partial charge in [-0.2, -0.15) is 0 Å². The van der Waals surface area contributed by atoms with E-state index in [1.54, 1.807) is 24.5 Å². The van der Waals surface area contributed by atoms with E-state index >= 15 is 0 Å². The smallest absolute Gasteiger partial charge is 0.337 e. The van der Waals surface area contributed by atoms with E-state index in [-0.39, 0.29) is 17.9 Å². The number of hydrogen-bond donors (Lipinski definition) is 2. The number of hydrogen-bond acceptors (Lipinski definition) is 3. The third kappa shape index (κ3) is 3.52. The average molecular weight is 306 g/mol. The van der Waals surface area contributed by atoms with Gasteiger partial charge in [0.25, 0.3) is 0 Å². The van der Waals surface area contributed by atoms with Gasteiger partial charge in [-0.25, -0.2) is 4.79 Å². The predicted molar refractivity (Wildman–Crippen MR) is 81.7 cm³/mol. The van der Waals surface area contributed by atoms with Gasteiger partial charge in [-0.3, -0.25) is 4.79 Å². The van der Waals surface area contributed by atoms with Crippen molar-refractivity contribution in [2.45, 2.75) is 33.4 Å². The summed E-state index contributed by atoms with van der Waals surface area (Å²) in [6, 6.07) is 3.88. The van der Waals surface area contributed by atoms with Gasteiger partial charge in [0.05, 0.1) is 18.5 Å². The number of aromatic nitrogens is 1. The second kappa shape index (κ2) is 6.58. The van der Waals surface area contributed by atoms with Crippen LogP contribution in [0.5, 0.6) is 0 Å². The van der Waals surface area contributed by atoms with Crippen LogP contribution in [-0.2, 0) is 24.3 Å². The van der Waals surface area contributed by atoms with E-state index in [9.17, 15) is 14.7 Å². The molecule has 0 saturated carbocycles. The highest BCUT2D eigenvalue weighted by Crippen LogP contribution is 2.18. The maximum absolute atomic E-state index is 12.0. The van der Waals surface area contributed by atoms with Gasteiger partial charge >= 0.3 is 5.97 Å². The predicted octanol–water partition coefficient (Wildman–Crippen LogP) is 2.44.